The summed E-state index contributed by atoms with van der Waals surface area (Å²) in [6.45, 7) is 0.194. The standard InChI is InChI=1S/C15H13N5O3S2/c1-24-15-17-9(6-25-15)14-18-13(5-12(16)21)19-20(14)8-2-3-10-11(4-8)23-7-22-10/h2-4,6H,5,7H2,1H3,(H2,16,21). The zero-order valence-corrected chi connectivity index (χ0v) is 14.8. The molecule has 8 nitrogen and oxygen atoms in total. The summed E-state index contributed by atoms with van der Waals surface area (Å²) in [5.41, 5.74) is 6.71. The van der Waals surface area contributed by atoms with Gasteiger partial charge in [0.15, 0.2) is 23.1 Å². The van der Waals surface area contributed by atoms with Crippen LogP contribution >= 0.6 is 23.1 Å². The van der Waals surface area contributed by atoms with Crippen molar-refractivity contribution < 1.29 is 14.3 Å². The minimum absolute atomic E-state index is 0.0376. The molecule has 0 fully saturated rings. The largest absolute Gasteiger partial charge is 0.454 e. The van der Waals surface area contributed by atoms with E-state index < -0.39 is 5.91 Å². The highest BCUT2D eigenvalue weighted by Gasteiger charge is 2.20. The van der Waals surface area contributed by atoms with Crippen molar-refractivity contribution in [2.24, 2.45) is 5.73 Å². The molecule has 4 rings (SSSR count). The second-order valence-electron chi connectivity index (χ2n) is 5.15. The van der Waals surface area contributed by atoms with Gasteiger partial charge in [0.25, 0.3) is 0 Å². The van der Waals surface area contributed by atoms with Crippen LogP contribution in [0.3, 0.4) is 0 Å². The van der Waals surface area contributed by atoms with Gasteiger partial charge >= 0.3 is 0 Å². The van der Waals surface area contributed by atoms with Crippen molar-refractivity contribution >= 4 is 29.0 Å². The van der Waals surface area contributed by atoms with E-state index in [0.29, 0.717) is 28.8 Å². The SMILES string of the molecule is CSc1nc(-c2nc(CC(N)=O)nn2-c2ccc3c(c2)OCO3)cs1. The van der Waals surface area contributed by atoms with Gasteiger partial charge in [-0.1, -0.05) is 11.8 Å². The number of nitrogens with two attached hydrogens (primary N) is 1. The molecule has 128 valence electrons. The van der Waals surface area contributed by atoms with Crippen molar-refractivity contribution in [1.82, 2.24) is 19.7 Å². The lowest BCUT2D eigenvalue weighted by molar-refractivity contribution is -0.117. The number of amides is 1. The van der Waals surface area contributed by atoms with Crippen LogP contribution in [0.5, 0.6) is 11.5 Å². The molecule has 1 aromatic carbocycles. The molecule has 0 bridgehead atoms. The number of carbonyl (C=O) groups excluding carboxylic acids is 1. The summed E-state index contributed by atoms with van der Waals surface area (Å²) in [5, 5.41) is 6.33. The summed E-state index contributed by atoms with van der Waals surface area (Å²) in [7, 11) is 0. The maximum Gasteiger partial charge on any atom is 0.231 e. The van der Waals surface area contributed by atoms with E-state index in [-0.39, 0.29) is 13.2 Å². The number of thioether (sulfide) groups is 1. The average Bonchev–Trinajstić information content (AvgIpc) is 3.32. The van der Waals surface area contributed by atoms with E-state index in [2.05, 4.69) is 15.1 Å². The molecule has 3 aromatic rings. The fourth-order valence-electron chi connectivity index (χ4n) is 2.40. The first-order valence-corrected chi connectivity index (χ1v) is 9.38. The highest BCUT2D eigenvalue weighted by molar-refractivity contribution is 8.00. The van der Waals surface area contributed by atoms with Crippen LogP contribution in [0.1, 0.15) is 5.82 Å². The minimum atomic E-state index is -0.488. The second-order valence-corrected chi connectivity index (χ2v) is 7.06. The molecule has 25 heavy (non-hydrogen) atoms. The smallest absolute Gasteiger partial charge is 0.231 e. The number of aromatic nitrogens is 4. The van der Waals surface area contributed by atoms with Gasteiger partial charge in [0.1, 0.15) is 10.0 Å². The Hall–Kier alpha value is -2.59. The Balaban J connectivity index is 1.82. The number of benzene rings is 1. The van der Waals surface area contributed by atoms with Crippen LogP contribution < -0.4 is 15.2 Å². The molecule has 3 heterocycles. The summed E-state index contributed by atoms with van der Waals surface area (Å²) in [6.07, 6.45) is 1.92. The number of nitrogens with zero attached hydrogens (tertiary/aromatic N) is 4. The van der Waals surface area contributed by atoms with Gasteiger partial charge in [0, 0.05) is 11.4 Å². The number of ether oxygens (including phenoxy) is 2. The van der Waals surface area contributed by atoms with Crippen LogP contribution in [0.2, 0.25) is 0 Å². The number of rotatable bonds is 5. The molecular formula is C15H13N5O3S2. The van der Waals surface area contributed by atoms with Crippen molar-refractivity contribution in [2.45, 2.75) is 10.8 Å². The van der Waals surface area contributed by atoms with Crippen molar-refractivity contribution in [3.8, 4) is 28.7 Å². The molecule has 1 aliphatic rings. The molecule has 0 saturated carbocycles. The molecule has 10 heteroatoms. The molecule has 0 atom stereocenters. The molecule has 0 radical (unpaired) electrons. The number of thiazole rings is 1. The minimum Gasteiger partial charge on any atom is -0.454 e. The Labute approximate surface area is 151 Å². The summed E-state index contributed by atoms with van der Waals surface area (Å²) in [4.78, 5) is 20.2. The molecular weight excluding hydrogens is 362 g/mol. The van der Waals surface area contributed by atoms with Gasteiger partial charge in [-0.15, -0.1) is 11.3 Å². The van der Waals surface area contributed by atoms with Crippen LogP contribution in [0.25, 0.3) is 17.2 Å². The fourth-order valence-corrected chi connectivity index (χ4v) is 3.64. The summed E-state index contributed by atoms with van der Waals surface area (Å²) < 4.78 is 13.3. The Bertz CT molecular complexity index is 953. The van der Waals surface area contributed by atoms with E-state index in [1.54, 1.807) is 16.4 Å². The third-order valence-electron chi connectivity index (χ3n) is 3.47. The topological polar surface area (TPSA) is 105 Å². The maximum absolute atomic E-state index is 11.2. The van der Waals surface area contributed by atoms with Crippen LogP contribution in [0.4, 0.5) is 0 Å². The first-order valence-electron chi connectivity index (χ1n) is 7.28. The zero-order chi connectivity index (χ0) is 17.4. The number of primary amides is 1. The number of hydrogen-bond acceptors (Lipinski definition) is 8. The normalized spacial score (nSPS) is 12.5. The molecule has 1 amide bonds. The highest BCUT2D eigenvalue weighted by Crippen LogP contribution is 2.35. The Kier molecular flexibility index (Phi) is 4.06. The number of hydrogen-bond donors (Lipinski definition) is 1. The zero-order valence-electron chi connectivity index (χ0n) is 13.1. The van der Waals surface area contributed by atoms with Gasteiger partial charge < -0.3 is 15.2 Å². The number of carbonyl (C=O) groups is 1. The molecule has 1 aliphatic heterocycles. The van der Waals surface area contributed by atoms with E-state index in [1.807, 2.05) is 29.8 Å². The lowest BCUT2D eigenvalue weighted by Gasteiger charge is -2.05. The Morgan fingerprint density at radius 2 is 2.20 bits per heavy atom. The van der Waals surface area contributed by atoms with Crippen molar-refractivity contribution in [3.05, 3.63) is 29.4 Å². The Morgan fingerprint density at radius 1 is 1.36 bits per heavy atom. The van der Waals surface area contributed by atoms with Crippen molar-refractivity contribution in [3.63, 3.8) is 0 Å². The monoisotopic (exact) mass is 375 g/mol. The number of fused-ring (bicyclic) bond motifs is 1. The predicted octanol–water partition coefficient (Wildman–Crippen LogP) is 1.87. The summed E-state index contributed by atoms with van der Waals surface area (Å²) in [6, 6.07) is 5.48. The molecule has 0 saturated heterocycles. The summed E-state index contributed by atoms with van der Waals surface area (Å²) in [5.74, 6) is 1.72. The fraction of sp³-hybridized carbons (Fsp3) is 0.200. The van der Waals surface area contributed by atoms with E-state index in [1.165, 1.54) is 11.3 Å². The van der Waals surface area contributed by atoms with Gasteiger partial charge in [-0.25, -0.2) is 14.6 Å². The Morgan fingerprint density at radius 3 is 2.96 bits per heavy atom. The van der Waals surface area contributed by atoms with Gasteiger partial charge in [0.2, 0.25) is 12.7 Å². The van der Waals surface area contributed by atoms with Crippen LogP contribution in [0, 0.1) is 0 Å². The third-order valence-corrected chi connectivity index (χ3v) is 5.33. The van der Waals surface area contributed by atoms with E-state index in [9.17, 15) is 4.79 Å². The van der Waals surface area contributed by atoms with Gasteiger partial charge in [0.05, 0.1) is 12.1 Å². The third kappa shape index (κ3) is 3.05. The van der Waals surface area contributed by atoms with Crippen molar-refractivity contribution in [1.29, 1.82) is 0 Å². The van der Waals surface area contributed by atoms with Gasteiger partial charge in [-0.2, -0.15) is 5.10 Å². The lowest BCUT2D eigenvalue weighted by Crippen LogP contribution is -2.14. The molecule has 2 aromatic heterocycles. The molecule has 0 spiro atoms. The quantitative estimate of drug-likeness (QED) is 0.679. The van der Waals surface area contributed by atoms with E-state index in [4.69, 9.17) is 15.2 Å². The second kappa shape index (κ2) is 6.37. The van der Waals surface area contributed by atoms with E-state index in [0.717, 1.165) is 10.0 Å². The van der Waals surface area contributed by atoms with E-state index >= 15 is 0 Å². The lowest BCUT2D eigenvalue weighted by atomic mass is 10.2. The van der Waals surface area contributed by atoms with Crippen LogP contribution in [0.15, 0.2) is 27.9 Å². The summed E-state index contributed by atoms with van der Waals surface area (Å²) >= 11 is 3.08. The maximum atomic E-state index is 11.2. The van der Waals surface area contributed by atoms with Gasteiger partial charge in [-0.05, 0) is 18.4 Å². The molecule has 0 unspecified atom stereocenters. The van der Waals surface area contributed by atoms with Crippen molar-refractivity contribution in [2.75, 3.05) is 13.0 Å². The predicted molar refractivity (Wildman–Crippen MR) is 93.3 cm³/mol. The molecule has 0 aliphatic carbocycles. The average molecular weight is 375 g/mol. The van der Waals surface area contributed by atoms with Crippen LogP contribution in [-0.2, 0) is 11.2 Å². The first kappa shape index (κ1) is 15.9. The molecule has 2 N–H and O–H groups in total. The van der Waals surface area contributed by atoms with Crippen LogP contribution in [-0.4, -0.2) is 38.7 Å². The highest BCUT2D eigenvalue weighted by atomic mass is 32.2. The van der Waals surface area contributed by atoms with Gasteiger partial charge in [-0.3, -0.25) is 4.79 Å². The first-order chi connectivity index (χ1) is 12.1.